The van der Waals surface area contributed by atoms with Crippen LogP contribution in [0.15, 0.2) is 24.3 Å². The number of methoxy groups -OCH3 is 1. The van der Waals surface area contributed by atoms with Gasteiger partial charge in [-0.1, -0.05) is 0 Å². The third-order valence-electron chi connectivity index (χ3n) is 1.42. The maximum atomic E-state index is 8.49. The molecule has 4 heteroatoms. The molecule has 62 valence electrons. The van der Waals surface area contributed by atoms with Crippen LogP contribution in [0.25, 0.3) is 0 Å². The largest absolute Gasteiger partial charge is 1.00 e. The molecule has 0 aliphatic carbocycles. The van der Waals surface area contributed by atoms with Gasteiger partial charge in [-0.3, -0.25) is 0 Å². The molecule has 0 saturated heterocycles. The van der Waals surface area contributed by atoms with Crippen molar-refractivity contribution in [3.8, 4) is 11.8 Å². The summed E-state index contributed by atoms with van der Waals surface area (Å²) in [4.78, 5) is 0. The van der Waals surface area contributed by atoms with Crippen LogP contribution in [-0.2, 0) is 0 Å². The van der Waals surface area contributed by atoms with E-state index in [-0.39, 0.29) is 24.2 Å². The zero-order valence-electron chi connectivity index (χ0n) is 7.54. The van der Waals surface area contributed by atoms with Crippen LogP contribution in [0, 0.1) is 16.7 Å². The van der Waals surface area contributed by atoms with Gasteiger partial charge in [-0.25, -0.2) is 5.26 Å². The summed E-state index contributed by atoms with van der Waals surface area (Å²) in [5.41, 5.74) is 0.679. The molecule has 0 aliphatic heterocycles. The molecule has 0 aromatic heterocycles. The summed E-state index contributed by atoms with van der Waals surface area (Å²) in [5.74, 6) is 0.695. The minimum absolute atomic E-state index is 0. The monoisotopic (exact) mass is 187 g/mol. The number of ether oxygens (including phenoxy) is 1. The number of hydrogen-bond acceptors (Lipinski definition) is 2. The van der Waals surface area contributed by atoms with Gasteiger partial charge in [-0.05, 0) is 6.07 Å². The van der Waals surface area contributed by atoms with E-state index in [2.05, 4.69) is 0 Å². The Kier molecular flexibility index (Phi) is 5.51. The van der Waals surface area contributed by atoms with Crippen LogP contribution in [0.2, 0.25) is 0 Å². The molecule has 0 heterocycles. The fourth-order valence-corrected chi connectivity index (χ4v) is 0.942. The smallest absolute Gasteiger partial charge is 0.510 e. The van der Waals surface area contributed by atoms with Gasteiger partial charge in [0, 0.05) is 11.4 Å². The molecule has 0 radical (unpaired) electrons. The Bertz CT molecular complexity index is 311. The van der Waals surface area contributed by atoms with Crippen molar-refractivity contribution in [2.75, 3.05) is 7.11 Å². The molecular weight excluding hydrogens is 180 g/mol. The van der Waals surface area contributed by atoms with Crippen LogP contribution in [-0.4, -0.2) is 7.11 Å². The van der Waals surface area contributed by atoms with Crippen LogP contribution in [0.1, 0.15) is 5.56 Å². The van der Waals surface area contributed by atoms with E-state index in [0.717, 1.165) is 0 Å². The topological polar surface area (TPSA) is 33.0 Å². The van der Waals surface area contributed by atoms with Crippen LogP contribution < -0.4 is 23.6 Å². The number of rotatable bonds is 2. The second-order valence-electron chi connectivity index (χ2n) is 2.16. The van der Waals surface area contributed by atoms with Crippen molar-refractivity contribution in [3.05, 3.63) is 35.2 Å². The zero-order valence-corrected chi connectivity index (χ0v) is 8.30. The summed E-state index contributed by atoms with van der Waals surface area (Å²) in [6, 6.07) is 8.91. The Labute approximate surface area is 94.6 Å². The molecule has 0 N–H and O–H groups in total. The first-order chi connectivity index (χ1) is 5.77. The SMILES string of the molecule is COc1cccc([C-](Cl)C#N)c1.[Li+]. The molecule has 0 spiro atoms. The molecule has 0 atom stereocenters. The third kappa shape index (κ3) is 3.25. The first kappa shape index (κ1) is 12.3. The molecule has 0 saturated carbocycles. The van der Waals surface area contributed by atoms with Gasteiger partial charge in [-0.2, -0.15) is 23.2 Å². The summed E-state index contributed by atoms with van der Waals surface area (Å²) in [6.07, 6.45) is 0. The van der Waals surface area contributed by atoms with E-state index in [4.69, 9.17) is 21.6 Å². The molecular formula is C9H7ClLiNO. The summed E-state index contributed by atoms with van der Waals surface area (Å²) in [7, 11) is 1.57. The number of nitriles is 1. The third-order valence-corrected chi connectivity index (χ3v) is 1.72. The quantitative estimate of drug-likeness (QED) is 0.455. The van der Waals surface area contributed by atoms with Crippen LogP contribution in [0.3, 0.4) is 0 Å². The molecule has 0 unspecified atom stereocenters. The van der Waals surface area contributed by atoms with Gasteiger partial charge >= 0.3 is 18.9 Å². The van der Waals surface area contributed by atoms with Crippen molar-refractivity contribution in [2.45, 2.75) is 0 Å². The van der Waals surface area contributed by atoms with Crippen molar-refractivity contribution in [3.63, 3.8) is 0 Å². The van der Waals surface area contributed by atoms with Crippen LogP contribution in [0.5, 0.6) is 5.75 Å². The van der Waals surface area contributed by atoms with Crippen molar-refractivity contribution >= 4 is 11.6 Å². The molecule has 1 aromatic rings. The molecule has 0 aliphatic rings. The summed E-state index contributed by atoms with van der Waals surface area (Å²) in [6.45, 7) is 0. The normalized spacial score (nSPS) is 8.08. The van der Waals surface area contributed by atoms with E-state index in [0.29, 0.717) is 11.3 Å². The number of hydrogen-bond donors (Lipinski definition) is 0. The molecule has 13 heavy (non-hydrogen) atoms. The van der Waals surface area contributed by atoms with Gasteiger partial charge in [0.15, 0.2) is 0 Å². The Hall–Kier alpha value is -0.733. The molecule has 0 fully saturated rings. The van der Waals surface area contributed by atoms with E-state index in [1.54, 1.807) is 31.4 Å². The van der Waals surface area contributed by atoms with E-state index in [1.165, 1.54) is 0 Å². The van der Waals surface area contributed by atoms with Crippen LogP contribution in [0.4, 0.5) is 0 Å². The van der Waals surface area contributed by atoms with Crippen molar-refractivity contribution in [1.29, 1.82) is 5.26 Å². The van der Waals surface area contributed by atoms with Gasteiger partial charge < -0.3 is 4.74 Å². The zero-order chi connectivity index (χ0) is 8.97. The Morgan fingerprint density at radius 3 is 2.77 bits per heavy atom. The molecule has 2 nitrogen and oxygen atoms in total. The molecule has 0 amide bonds. The average Bonchev–Trinajstić information content (AvgIpc) is 2.17. The van der Waals surface area contributed by atoms with Crippen molar-refractivity contribution < 1.29 is 23.6 Å². The van der Waals surface area contributed by atoms with E-state index in [1.807, 2.05) is 6.07 Å². The molecule has 1 aromatic carbocycles. The van der Waals surface area contributed by atoms with Gasteiger partial charge in [0.1, 0.15) is 0 Å². The summed E-state index contributed by atoms with van der Waals surface area (Å²) in [5, 5.41) is 8.67. The minimum Gasteiger partial charge on any atom is -0.510 e. The standard InChI is InChI=1S/C9H7ClNO.Li/c1-12-8-4-2-3-7(5-8)9(10)6-11;/h2-5H,1H3;/q-1;+1. The first-order valence-electron chi connectivity index (χ1n) is 3.35. The van der Waals surface area contributed by atoms with Gasteiger partial charge in [-0.15, -0.1) is 12.1 Å². The fourth-order valence-electron chi connectivity index (χ4n) is 0.824. The van der Waals surface area contributed by atoms with Gasteiger partial charge in [0.2, 0.25) is 0 Å². The average molecular weight is 188 g/mol. The number of halogens is 1. The second kappa shape index (κ2) is 5.84. The van der Waals surface area contributed by atoms with E-state index in [9.17, 15) is 0 Å². The maximum Gasteiger partial charge on any atom is 1.00 e. The summed E-state index contributed by atoms with van der Waals surface area (Å²) < 4.78 is 4.97. The first-order valence-corrected chi connectivity index (χ1v) is 3.72. The Balaban J connectivity index is 0.00000144. The predicted molar refractivity (Wildman–Crippen MR) is 46.8 cm³/mol. The number of nitrogens with zero attached hydrogens (tertiary/aromatic N) is 1. The minimum atomic E-state index is 0. The molecule has 0 bridgehead atoms. The second-order valence-corrected chi connectivity index (χ2v) is 2.54. The van der Waals surface area contributed by atoms with Crippen molar-refractivity contribution in [2.24, 2.45) is 0 Å². The fraction of sp³-hybridized carbons (Fsp3) is 0.111. The summed E-state index contributed by atoms with van der Waals surface area (Å²) >= 11 is 5.62. The van der Waals surface area contributed by atoms with Crippen molar-refractivity contribution in [1.82, 2.24) is 0 Å². The van der Waals surface area contributed by atoms with E-state index < -0.39 is 0 Å². The Morgan fingerprint density at radius 2 is 2.23 bits per heavy atom. The van der Waals surface area contributed by atoms with Gasteiger partial charge in [0.05, 0.1) is 12.9 Å². The van der Waals surface area contributed by atoms with Gasteiger partial charge in [0.25, 0.3) is 0 Å². The van der Waals surface area contributed by atoms with Crippen LogP contribution >= 0.6 is 11.6 Å². The number of benzene rings is 1. The molecule has 1 rings (SSSR count). The maximum absolute atomic E-state index is 8.49. The predicted octanol–water partition coefficient (Wildman–Crippen LogP) is -0.658. The van der Waals surface area contributed by atoms with E-state index >= 15 is 0 Å². The Morgan fingerprint density at radius 1 is 1.54 bits per heavy atom.